The van der Waals surface area contributed by atoms with Crippen molar-refractivity contribution in [1.82, 2.24) is 9.55 Å². The normalized spacial score (nSPS) is 10.8. The lowest BCUT2D eigenvalue weighted by atomic mass is 10.4. The van der Waals surface area contributed by atoms with Crippen molar-refractivity contribution in [2.75, 3.05) is 23.9 Å². The van der Waals surface area contributed by atoms with Gasteiger partial charge in [0.2, 0.25) is 5.95 Å². The van der Waals surface area contributed by atoms with E-state index >= 15 is 0 Å². The predicted molar refractivity (Wildman–Crippen MR) is 59.5 cm³/mol. The summed E-state index contributed by atoms with van der Waals surface area (Å²) in [4.78, 5) is 4.25. The molecule has 1 aromatic rings. The summed E-state index contributed by atoms with van der Waals surface area (Å²) in [6.07, 6.45) is 5.95. The Morgan fingerprint density at radius 2 is 2.38 bits per heavy atom. The fraction of sp³-hybridized carbons (Fsp3) is 0.667. The molecule has 1 aromatic heterocycles. The van der Waals surface area contributed by atoms with Crippen LogP contribution in [0, 0.1) is 0 Å². The van der Waals surface area contributed by atoms with Crippen molar-refractivity contribution in [3.8, 4) is 0 Å². The van der Waals surface area contributed by atoms with Crippen LogP contribution in [0.2, 0.25) is 0 Å². The lowest BCUT2D eigenvalue weighted by Gasteiger charge is -2.12. The molecule has 13 heavy (non-hydrogen) atoms. The lowest BCUT2D eigenvalue weighted by Crippen LogP contribution is -2.11. The average Bonchev–Trinajstić information content (AvgIpc) is 2.53. The molecule has 0 spiro atoms. The maximum atomic E-state index is 4.25. The monoisotopic (exact) mass is 199 g/mol. The van der Waals surface area contributed by atoms with Gasteiger partial charge in [0, 0.05) is 30.7 Å². The summed E-state index contributed by atoms with van der Waals surface area (Å²) in [7, 11) is 0. The first-order valence-electron chi connectivity index (χ1n) is 4.51. The van der Waals surface area contributed by atoms with Crippen molar-refractivity contribution < 1.29 is 0 Å². The Balaban J connectivity index is 2.50. The number of anilines is 1. The molecule has 0 radical (unpaired) electrons. The van der Waals surface area contributed by atoms with E-state index in [1.54, 1.807) is 0 Å². The number of imidazole rings is 1. The van der Waals surface area contributed by atoms with Crippen LogP contribution in [0.25, 0.3) is 0 Å². The number of rotatable bonds is 5. The highest BCUT2D eigenvalue weighted by Crippen LogP contribution is 2.11. The molecule has 74 valence electrons. The minimum Gasteiger partial charge on any atom is -0.355 e. The number of thioether (sulfide) groups is 1. The Kier molecular flexibility index (Phi) is 4.15. The van der Waals surface area contributed by atoms with E-state index in [0.29, 0.717) is 6.04 Å². The second-order valence-corrected chi connectivity index (χ2v) is 4.16. The molecule has 0 aliphatic heterocycles. The van der Waals surface area contributed by atoms with Crippen LogP contribution in [0.5, 0.6) is 0 Å². The predicted octanol–water partition coefficient (Wildman–Crippen LogP) is 2.24. The van der Waals surface area contributed by atoms with E-state index in [9.17, 15) is 0 Å². The van der Waals surface area contributed by atoms with Gasteiger partial charge in [0.25, 0.3) is 0 Å². The zero-order valence-electron chi connectivity index (χ0n) is 8.45. The maximum absolute atomic E-state index is 4.25. The zero-order chi connectivity index (χ0) is 9.68. The number of nitrogens with zero attached hydrogens (tertiary/aromatic N) is 2. The van der Waals surface area contributed by atoms with Gasteiger partial charge in [0.15, 0.2) is 0 Å². The van der Waals surface area contributed by atoms with E-state index in [2.05, 4.69) is 35.0 Å². The molecule has 0 aliphatic rings. The molecular formula is C9H17N3S. The van der Waals surface area contributed by atoms with Gasteiger partial charge in [-0.2, -0.15) is 11.8 Å². The molecule has 0 fully saturated rings. The summed E-state index contributed by atoms with van der Waals surface area (Å²) >= 11 is 1.84. The van der Waals surface area contributed by atoms with Gasteiger partial charge in [-0.3, -0.25) is 0 Å². The third kappa shape index (κ3) is 2.95. The minimum atomic E-state index is 0.472. The number of aromatic nitrogens is 2. The van der Waals surface area contributed by atoms with Crippen LogP contribution in [-0.2, 0) is 0 Å². The quantitative estimate of drug-likeness (QED) is 0.738. The van der Waals surface area contributed by atoms with Gasteiger partial charge in [-0.25, -0.2) is 4.98 Å². The molecule has 0 saturated heterocycles. The first kappa shape index (κ1) is 10.4. The Morgan fingerprint density at radius 3 is 3.00 bits per heavy atom. The summed E-state index contributed by atoms with van der Waals surface area (Å²) in [5.74, 6) is 2.09. The van der Waals surface area contributed by atoms with Crippen molar-refractivity contribution in [2.45, 2.75) is 19.9 Å². The standard InChI is InChI=1S/C9H17N3S/c1-8(2)12-6-4-10-9(12)11-5-7-13-3/h4,6,8H,5,7H2,1-3H3,(H,10,11). The molecule has 0 atom stereocenters. The number of hydrogen-bond donors (Lipinski definition) is 1. The second kappa shape index (κ2) is 5.17. The molecule has 0 amide bonds. The van der Waals surface area contributed by atoms with Gasteiger partial charge in [-0.15, -0.1) is 0 Å². The number of nitrogens with one attached hydrogen (secondary N) is 1. The van der Waals surface area contributed by atoms with Crippen LogP contribution < -0.4 is 5.32 Å². The molecule has 0 bridgehead atoms. The highest BCUT2D eigenvalue weighted by atomic mass is 32.2. The summed E-state index contributed by atoms with van der Waals surface area (Å²) in [5.41, 5.74) is 0. The average molecular weight is 199 g/mol. The highest BCUT2D eigenvalue weighted by Gasteiger charge is 2.03. The van der Waals surface area contributed by atoms with E-state index in [4.69, 9.17) is 0 Å². The van der Waals surface area contributed by atoms with Crippen molar-refractivity contribution in [3.63, 3.8) is 0 Å². The van der Waals surface area contributed by atoms with Crippen molar-refractivity contribution in [2.24, 2.45) is 0 Å². The Morgan fingerprint density at radius 1 is 1.62 bits per heavy atom. The van der Waals surface area contributed by atoms with Gasteiger partial charge >= 0.3 is 0 Å². The van der Waals surface area contributed by atoms with Crippen LogP contribution in [0.3, 0.4) is 0 Å². The largest absolute Gasteiger partial charge is 0.355 e. The van der Waals surface area contributed by atoms with Crippen LogP contribution in [0.15, 0.2) is 12.4 Å². The molecule has 1 rings (SSSR count). The Hall–Kier alpha value is -0.640. The van der Waals surface area contributed by atoms with Crippen LogP contribution in [-0.4, -0.2) is 28.1 Å². The first-order valence-corrected chi connectivity index (χ1v) is 5.90. The van der Waals surface area contributed by atoms with E-state index in [0.717, 1.165) is 18.2 Å². The molecule has 3 nitrogen and oxygen atoms in total. The molecule has 1 heterocycles. The van der Waals surface area contributed by atoms with E-state index in [1.165, 1.54) is 0 Å². The summed E-state index contributed by atoms with van der Waals surface area (Å²) in [5, 5.41) is 3.31. The summed E-state index contributed by atoms with van der Waals surface area (Å²) in [6.45, 7) is 5.29. The third-order valence-electron chi connectivity index (χ3n) is 1.81. The smallest absolute Gasteiger partial charge is 0.203 e. The van der Waals surface area contributed by atoms with E-state index < -0.39 is 0 Å². The van der Waals surface area contributed by atoms with E-state index in [-0.39, 0.29) is 0 Å². The van der Waals surface area contributed by atoms with Crippen molar-refractivity contribution in [1.29, 1.82) is 0 Å². The second-order valence-electron chi connectivity index (χ2n) is 3.17. The molecule has 0 aromatic carbocycles. The van der Waals surface area contributed by atoms with Crippen molar-refractivity contribution in [3.05, 3.63) is 12.4 Å². The molecule has 0 saturated carbocycles. The van der Waals surface area contributed by atoms with Gasteiger partial charge < -0.3 is 9.88 Å². The topological polar surface area (TPSA) is 29.9 Å². The number of hydrogen-bond acceptors (Lipinski definition) is 3. The van der Waals surface area contributed by atoms with Crippen LogP contribution in [0.4, 0.5) is 5.95 Å². The molecule has 0 unspecified atom stereocenters. The molecular weight excluding hydrogens is 182 g/mol. The summed E-state index contributed by atoms with van der Waals surface area (Å²) < 4.78 is 2.14. The fourth-order valence-electron chi connectivity index (χ4n) is 1.13. The third-order valence-corrected chi connectivity index (χ3v) is 2.43. The SMILES string of the molecule is CSCCNc1nccn1C(C)C. The molecule has 1 N–H and O–H groups in total. The first-order chi connectivity index (χ1) is 6.25. The molecule has 0 aliphatic carbocycles. The maximum Gasteiger partial charge on any atom is 0.203 e. The van der Waals surface area contributed by atoms with Gasteiger partial charge in [-0.1, -0.05) is 0 Å². The molecule has 4 heteroatoms. The zero-order valence-corrected chi connectivity index (χ0v) is 9.27. The Labute approximate surface area is 83.9 Å². The van der Waals surface area contributed by atoms with Crippen LogP contribution >= 0.6 is 11.8 Å². The van der Waals surface area contributed by atoms with E-state index in [1.807, 2.05) is 24.2 Å². The van der Waals surface area contributed by atoms with Gasteiger partial charge in [0.1, 0.15) is 0 Å². The minimum absolute atomic E-state index is 0.472. The van der Waals surface area contributed by atoms with Gasteiger partial charge in [0.05, 0.1) is 0 Å². The van der Waals surface area contributed by atoms with Crippen LogP contribution in [0.1, 0.15) is 19.9 Å². The highest BCUT2D eigenvalue weighted by molar-refractivity contribution is 7.98. The Bertz CT molecular complexity index is 245. The summed E-state index contributed by atoms with van der Waals surface area (Å²) in [6, 6.07) is 0.472. The fourth-order valence-corrected chi connectivity index (χ4v) is 1.44. The van der Waals surface area contributed by atoms with Crippen molar-refractivity contribution >= 4 is 17.7 Å². The lowest BCUT2D eigenvalue weighted by molar-refractivity contribution is 0.605. The van der Waals surface area contributed by atoms with Gasteiger partial charge in [-0.05, 0) is 20.1 Å².